The third-order valence-electron chi connectivity index (χ3n) is 2.85. The van der Waals surface area contributed by atoms with Gasteiger partial charge in [-0.05, 0) is 24.3 Å². The number of hydrogen-bond acceptors (Lipinski definition) is 3. The number of nitrogens with one attached hydrogen (secondary N) is 1. The summed E-state index contributed by atoms with van der Waals surface area (Å²) in [6.07, 6.45) is -3.08. The quantitative estimate of drug-likeness (QED) is 0.934. The molecule has 116 valence electrons. The van der Waals surface area contributed by atoms with Gasteiger partial charge in [0.05, 0.1) is 12.1 Å². The Balaban J connectivity index is 1.98. The van der Waals surface area contributed by atoms with Crippen LogP contribution in [-0.4, -0.2) is 22.2 Å². The molecule has 1 heterocycles. The number of alkyl halides is 3. The maximum atomic E-state index is 12.6. The second-order valence-corrected chi connectivity index (χ2v) is 4.42. The molecule has 1 amide bonds. The summed E-state index contributed by atoms with van der Waals surface area (Å²) in [4.78, 5) is 23.2. The Morgan fingerprint density at radius 3 is 2.68 bits per heavy atom. The van der Waals surface area contributed by atoms with Crippen molar-refractivity contribution in [2.75, 3.05) is 6.54 Å². The number of rotatable bonds is 4. The van der Waals surface area contributed by atoms with Crippen LogP contribution in [0, 0.1) is 0 Å². The monoisotopic (exact) mass is 311 g/mol. The van der Waals surface area contributed by atoms with Crippen LogP contribution in [0.5, 0.6) is 0 Å². The van der Waals surface area contributed by atoms with E-state index in [1.54, 1.807) is 0 Å². The normalized spacial score (nSPS) is 11.2. The van der Waals surface area contributed by atoms with Gasteiger partial charge in [0.25, 0.3) is 11.5 Å². The highest BCUT2D eigenvalue weighted by Gasteiger charge is 2.30. The van der Waals surface area contributed by atoms with Crippen molar-refractivity contribution < 1.29 is 18.0 Å². The highest BCUT2D eigenvalue weighted by Crippen LogP contribution is 2.29. The molecule has 2 aromatic rings. The van der Waals surface area contributed by atoms with E-state index in [4.69, 9.17) is 0 Å². The van der Waals surface area contributed by atoms with E-state index in [9.17, 15) is 22.8 Å². The molecule has 8 heteroatoms. The molecule has 0 saturated heterocycles. The average molecular weight is 311 g/mol. The lowest BCUT2D eigenvalue weighted by Gasteiger charge is -2.09. The van der Waals surface area contributed by atoms with Crippen molar-refractivity contribution in [1.82, 2.24) is 15.1 Å². The summed E-state index contributed by atoms with van der Waals surface area (Å²) in [6, 6.07) is 6.94. The SMILES string of the molecule is O=C(NCCn1ncccc1=O)c1cccc(C(F)(F)F)c1. The number of carbonyl (C=O) groups is 1. The van der Waals surface area contributed by atoms with Gasteiger partial charge in [0, 0.05) is 24.4 Å². The molecule has 0 fully saturated rings. The van der Waals surface area contributed by atoms with Gasteiger partial charge in [-0.3, -0.25) is 9.59 Å². The van der Waals surface area contributed by atoms with Crippen LogP contribution < -0.4 is 10.9 Å². The number of halogens is 3. The molecular weight excluding hydrogens is 299 g/mol. The van der Waals surface area contributed by atoms with Crippen LogP contribution in [0.3, 0.4) is 0 Å². The molecule has 0 radical (unpaired) electrons. The molecule has 0 aliphatic rings. The van der Waals surface area contributed by atoms with Gasteiger partial charge >= 0.3 is 6.18 Å². The smallest absolute Gasteiger partial charge is 0.350 e. The summed E-state index contributed by atoms with van der Waals surface area (Å²) in [6.45, 7) is 0.205. The Kier molecular flexibility index (Phi) is 4.59. The van der Waals surface area contributed by atoms with Crippen molar-refractivity contribution in [2.45, 2.75) is 12.7 Å². The van der Waals surface area contributed by atoms with Crippen molar-refractivity contribution in [1.29, 1.82) is 0 Å². The van der Waals surface area contributed by atoms with Crippen LogP contribution in [0.4, 0.5) is 13.2 Å². The van der Waals surface area contributed by atoms with Crippen LogP contribution in [0.1, 0.15) is 15.9 Å². The Hall–Kier alpha value is -2.64. The van der Waals surface area contributed by atoms with E-state index in [-0.39, 0.29) is 24.2 Å². The van der Waals surface area contributed by atoms with E-state index < -0.39 is 17.6 Å². The Morgan fingerprint density at radius 1 is 1.23 bits per heavy atom. The molecule has 0 spiro atoms. The zero-order valence-electron chi connectivity index (χ0n) is 11.3. The summed E-state index contributed by atoms with van der Waals surface area (Å²) in [7, 11) is 0. The predicted octanol–water partition coefficient (Wildman–Crippen LogP) is 1.69. The van der Waals surface area contributed by atoms with Gasteiger partial charge in [0.2, 0.25) is 0 Å². The van der Waals surface area contributed by atoms with Crippen molar-refractivity contribution in [3.63, 3.8) is 0 Å². The molecule has 1 N–H and O–H groups in total. The number of carbonyl (C=O) groups excluding carboxylic acids is 1. The van der Waals surface area contributed by atoms with Gasteiger partial charge in [-0.15, -0.1) is 0 Å². The van der Waals surface area contributed by atoms with Gasteiger partial charge < -0.3 is 5.32 Å². The first-order valence-corrected chi connectivity index (χ1v) is 6.35. The number of hydrogen-bond donors (Lipinski definition) is 1. The first-order valence-electron chi connectivity index (χ1n) is 6.35. The second kappa shape index (κ2) is 6.42. The molecule has 2 rings (SSSR count). The van der Waals surface area contributed by atoms with Gasteiger partial charge in [-0.1, -0.05) is 6.07 Å². The molecular formula is C14H12F3N3O2. The van der Waals surface area contributed by atoms with E-state index in [0.29, 0.717) is 0 Å². The summed E-state index contributed by atoms with van der Waals surface area (Å²) in [5.41, 5.74) is -1.31. The molecule has 1 aromatic carbocycles. The fourth-order valence-corrected chi connectivity index (χ4v) is 1.77. The number of amides is 1. The molecule has 5 nitrogen and oxygen atoms in total. The lowest BCUT2D eigenvalue weighted by atomic mass is 10.1. The van der Waals surface area contributed by atoms with Crippen LogP contribution in [0.2, 0.25) is 0 Å². The minimum Gasteiger partial charge on any atom is -0.350 e. The average Bonchev–Trinajstić information content (AvgIpc) is 2.48. The third-order valence-corrected chi connectivity index (χ3v) is 2.85. The minimum atomic E-state index is -4.50. The fraction of sp³-hybridized carbons (Fsp3) is 0.214. The summed E-state index contributed by atoms with van der Waals surface area (Å²) < 4.78 is 38.9. The molecule has 0 bridgehead atoms. The second-order valence-electron chi connectivity index (χ2n) is 4.42. The van der Waals surface area contributed by atoms with Crippen molar-refractivity contribution >= 4 is 5.91 Å². The fourth-order valence-electron chi connectivity index (χ4n) is 1.77. The number of benzene rings is 1. The summed E-state index contributed by atoms with van der Waals surface area (Å²) >= 11 is 0. The number of aromatic nitrogens is 2. The zero-order valence-corrected chi connectivity index (χ0v) is 11.3. The largest absolute Gasteiger partial charge is 0.416 e. The lowest BCUT2D eigenvalue weighted by Crippen LogP contribution is -2.31. The first kappa shape index (κ1) is 15.7. The summed E-state index contributed by atoms with van der Waals surface area (Å²) in [5.74, 6) is -0.643. The topological polar surface area (TPSA) is 64.0 Å². The van der Waals surface area contributed by atoms with Crippen molar-refractivity contribution in [3.8, 4) is 0 Å². The van der Waals surface area contributed by atoms with Crippen LogP contribution in [-0.2, 0) is 12.7 Å². The van der Waals surface area contributed by atoms with E-state index in [1.165, 1.54) is 30.5 Å². The Labute approximate surface area is 123 Å². The molecule has 0 aliphatic carbocycles. The van der Waals surface area contributed by atoms with Crippen LogP contribution >= 0.6 is 0 Å². The van der Waals surface area contributed by atoms with Crippen LogP contribution in [0.15, 0.2) is 47.4 Å². The molecule has 0 atom stereocenters. The molecule has 0 aliphatic heterocycles. The first-order chi connectivity index (χ1) is 10.4. The van der Waals surface area contributed by atoms with E-state index >= 15 is 0 Å². The van der Waals surface area contributed by atoms with Gasteiger partial charge in [0.1, 0.15) is 0 Å². The Bertz CT molecular complexity index is 726. The molecule has 0 saturated carbocycles. The summed E-state index contributed by atoms with van der Waals surface area (Å²) in [5, 5.41) is 6.25. The maximum Gasteiger partial charge on any atom is 0.416 e. The molecule has 1 aromatic heterocycles. The van der Waals surface area contributed by atoms with E-state index in [0.717, 1.165) is 16.8 Å². The van der Waals surface area contributed by atoms with Gasteiger partial charge in [-0.25, -0.2) is 4.68 Å². The van der Waals surface area contributed by atoms with Gasteiger partial charge in [-0.2, -0.15) is 18.3 Å². The molecule has 22 heavy (non-hydrogen) atoms. The zero-order chi connectivity index (χ0) is 16.2. The number of nitrogens with zero attached hydrogens (tertiary/aromatic N) is 2. The highest BCUT2D eigenvalue weighted by molar-refractivity contribution is 5.94. The standard InChI is InChI=1S/C14H12F3N3O2/c15-14(16,17)11-4-1-3-10(9-11)13(22)18-7-8-20-12(21)5-2-6-19-20/h1-6,9H,7-8H2,(H,18,22). The van der Waals surface area contributed by atoms with Crippen LogP contribution in [0.25, 0.3) is 0 Å². The maximum absolute atomic E-state index is 12.6. The lowest BCUT2D eigenvalue weighted by molar-refractivity contribution is -0.137. The van der Waals surface area contributed by atoms with Crippen molar-refractivity contribution in [3.05, 3.63) is 64.1 Å². The van der Waals surface area contributed by atoms with E-state index in [1.807, 2.05) is 0 Å². The highest BCUT2D eigenvalue weighted by atomic mass is 19.4. The Morgan fingerprint density at radius 2 is 2.00 bits per heavy atom. The predicted molar refractivity (Wildman–Crippen MR) is 72.3 cm³/mol. The van der Waals surface area contributed by atoms with Crippen molar-refractivity contribution in [2.24, 2.45) is 0 Å². The minimum absolute atomic E-state index is 0.0754. The third kappa shape index (κ3) is 3.94. The van der Waals surface area contributed by atoms with Gasteiger partial charge in [0.15, 0.2) is 0 Å². The molecule has 0 unspecified atom stereocenters. The van der Waals surface area contributed by atoms with E-state index in [2.05, 4.69) is 10.4 Å².